The molecule has 1 unspecified atom stereocenters. The lowest BCUT2D eigenvalue weighted by Gasteiger charge is -2.16. The van der Waals surface area contributed by atoms with E-state index in [0.29, 0.717) is 19.0 Å². The van der Waals surface area contributed by atoms with E-state index in [4.69, 9.17) is 20.3 Å². The van der Waals surface area contributed by atoms with Crippen LogP contribution in [-0.2, 0) is 9.47 Å². The van der Waals surface area contributed by atoms with Gasteiger partial charge in [0.25, 0.3) is 0 Å². The topological polar surface area (TPSA) is 107 Å². The number of hydrogen-bond donors (Lipinski definition) is 3. The average Bonchev–Trinajstić information content (AvgIpc) is 2.35. The van der Waals surface area contributed by atoms with Crippen LogP contribution in [0, 0.1) is 0 Å². The summed E-state index contributed by atoms with van der Waals surface area (Å²) in [7, 11) is 3.14. The van der Waals surface area contributed by atoms with Crippen LogP contribution in [0.1, 0.15) is 10.4 Å². The molecule has 7 nitrogen and oxygen atoms in total. The van der Waals surface area contributed by atoms with Gasteiger partial charge in [0.2, 0.25) is 0 Å². The van der Waals surface area contributed by atoms with Gasteiger partial charge in [-0.1, -0.05) is 0 Å². The summed E-state index contributed by atoms with van der Waals surface area (Å²) in [6.45, 7) is 0.840. The van der Waals surface area contributed by atoms with Crippen molar-refractivity contribution in [2.45, 2.75) is 6.10 Å². The van der Waals surface area contributed by atoms with Crippen molar-refractivity contribution >= 4 is 17.5 Å². The number of nitrogens with zero attached hydrogens (tertiary/aromatic N) is 1. The van der Waals surface area contributed by atoms with E-state index < -0.39 is 5.97 Å². The number of methoxy groups -OCH3 is 2. The van der Waals surface area contributed by atoms with Crippen LogP contribution in [0.25, 0.3) is 0 Å². The van der Waals surface area contributed by atoms with Gasteiger partial charge in [-0.15, -0.1) is 0 Å². The summed E-state index contributed by atoms with van der Waals surface area (Å²) in [5.74, 6) is -0.758. The van der Waals surface area contributed by atoms with E-state index in [-0.39, 0.29) is 17.4 Å². The molecule has 0 aliphatic heterocycles. The molecule has 7 heteroatoms. The van der Waals surface area contributed by atoms with Gasteiger partial charge in [0.15, 0.2) is 0 Å². The lowest BCUT2D eigenvalue weighted by atomic mass is 10.2. The van der Waals surface area contributed by atoms with E-state index >= 15 is 0 Å². The minimum atomic E-state index is -1.09. The highest BCUT2D eigenvalue weighted by atomic mass is 16.5. The molecule has 18 heavy (non-hydrogen) atoms. The van der Waals surface area contributed by atoms with Crippen molar-refractivity contribution in [1.82, 2.24) is 4.98 Å². The van der Waals surface area contributed by atoms with Crippen LogP contribution in [-0.4, -0.2) is 49.5 Å². The number of nitrogen functional groups attached to an aromatic ring is 1. The van der Waals surface area contributed by atoms with Gasteiger partial charge in [0, 0.05) is 27.0 Å². The molecule has 0 amide bonds. The molecule has 0 aliphatic rings. The van der Waals surface area contributed by atoms with Crippen LogP contribution in [0.2, 0.25) is 0 Å². The van der Waals surface area contributed by atoms with Crippen LogP contribution < -0.4 is 11.1 Å². The van der Waals surface area contributed by atoms with Crippen molar-refractivity contribution in [2.24, 2.45) is 0 Å². The van der Waals surface area contributed by atoms with Crippen molar-refractivity contribution in [3.8, 4) is 0 Å². The summed E-state index contributed by atoms with van der Waals surface area (Å²) in [6.07, 6.45) is 1.23. The highest BCUT2D eigenvalue weighted by Crippen LogP contribution is 2.19. The molecular formula is C11H17N3O4. The normalized spacial score (nSPS) is 12.1. The zero-order valence-electron chi connectivity index (χ0n) is 10.3. The Bertz CT molecular complexity index is 411. The molecule has 0 saturated heterocycles. The second kappa shape index (κ2) is 6.77. The first kappa shape index (κ1) is 14.2. The molecule has 0 fully saturated rings. The van der Waals surface area contributed by atoms with E-state index in [1.165, 1.54) is 12.3 Å². The summed E-state index contributed by atoms with van der Waals surface area (Å²) >= 11 is 0. The molecule has 1 aromatic heterocycles. The Kier molecular flexibility index (Phi) is 5.34. The van der Waals surface area contributed by atoms with Crippen molar-refractivity contribution in [3.63, 3.8) is 0 Å². The summed E-state index contributed by atoms with van der Waals surface area (Å²) in [4.78, 5) is 14.9. The zero-order valence-corrected chi connectivity index (χ0v) is 10.3. The molecule has 100 valence electrons. The molecule has 1 heterocycles. The molecule has 0 aliphatic carbocycles. The predicted octanol–water partition coefficient (Wildman–Crippen LogP) is 0.435. The Morgan fingerprint density at radius 1 is 1.61 bits per heavy atom. The third kappa shape index (κ3) is 3.57. The fourth-order valence-corrected chi connectivity index (χ4v) is 1.41. The lowest BCUT2D eigenvalue weighted by molar-refractivity contribution is 0.0365. The summed E-state index contributed by atoms with van der Waals surface area (Å²) in [6, 6.07) is 1.35. The molecule has 0 saturated carbocycles. The van der Waals surface area contributed by atoms with Crippen molar-refractivity contribution < 1.29 is 19.4 Å². The van der Waals surface area contributed by atoms with Crippen LogP contribution in [0.15, 0.2) is 12.3 Å². The number of nitrogens with one attached hydrogen (secondary N) is 1. The Labute approximate surface area is 105 Å². The van der Waals surface area contributed by atoms with Gasteiger partial charge in [0.05, 0.1) is 24.0 Å². The van der Waals surface area contributed by atoms with Gasteiger partial charge >= 0.3 is 5.97 Å². The number of rotatable bonds is 7. The van der Waals surface area contributed by atoms with E-state index in [1.54, 1.807) is 14.2 Å². The van der Waals surface area contributed by atoms with Crippen molar-refractivity contribution in [3.05, 3.63) is 17.8 Å². The molecule has 4 N–H and O–H groups in total. The second-order valence-corrected chi connectivity index (χ2v) is 3.62. The first-order chi connectivity index (χ1) is 8.60. The fourth-order valence-electron chi connectivity index (χ4n) is 1.41. The predicted molar refractivity (Wildman–Crippen MR) is 66.8 cm³/mol. The number of hydrogen-bond acceptors (Lipinski definition) is 6. The maximum atomic E-state index is 10.9. The maximum absolute atomic E-state index is 10.9. The van der Waals surface area contributed by atoms with Crippen molar-refractivity contribution in [2.75, 3.05) is 38.4 Å². The van der Waals surface area contributed by atoms with E-state index in [9.17, 15) is 4.79 Å². The molecule has 1 atom stereocenters. The molecule has 0 radical (unpaired) electrons. The van der Waals surface area contributed by atoms with Gasteiger partial charge in [-0.05, 0) is 6.07 Å². The van der Waals surface area contributed by atoms with Gasteiger partial charge < -0.3 is 25.6 Å². The highest BCUT2D eigenvalue weighted by Gasteiger charge is 2.13. The van der Waals surface area contributed by atoms with Crippen LogP contribution in [0.5, 0.6) is 0 Å². The molecule has 0 aromatic carbocycles. The monoisotopic (exact) mass is 255 g/mol. The van der Waals surface area contributed by atoms with Gasteiger partial charge in [-0.2, -0.15) is 0 Å². The number of carboxylic acids is 1. The molecule has 1 rings (SSSR count). The third-order valence-electron chi connectivity index (χ3n) is 2.40. The van der Waals surface area contributed by atoms with E-state index in [1.807, 2.05) is 0 Å². The fraction of sp³-hybridized carbons (Fsp3) is 0.455. The summed E-state index contributed by atoms with van der Waals surface area (Å²) < 4.78 is 10.1. The van der Waals surface area contributed by atoms with Crippen LogP contribution >= 0.6 is 0 Å². The number of aromatic nitrogens is 1. The number of aromatic carboxylic acids is 1. The van der Waals surface area contributed by atoms with Gasteiger partial charge in [0.1, 0.15) is 5.82 Å². The Morgan fingerprint density at radius 3 is 2.89 bits per heavy atom. The molecule has 0 spiro atoms. The Balaban J connectivity index is 2.73. The van der Waals surface area contributed by atoms with E-state index in [0.717, 1.165) is 0 Å². The second-order valence-electron chi connectivity index (χ2n) is 3.62. The number of pyridine rings is 1. The minimum absolute atomic E-state index is 0.0215. The molecular weight excluding hydrogens is 238 g/mol. The Hall–Kier alpha value is -1.86. The van der Waals surface area contributed by atoms with Gasteiger partial charge in [-0.25, -0.2) is 9.78 Å². The molecule has 0 bridgehead atoms. The Morgan fingerprint density at radius 2 is 2.33 bits per heavy atom. The SMILES string of the molecule is COCC(CNc1nccc(C(=O)O)c1N)OC. The van der Waals surface area contributed by atoms with E-state index in [2.05, 4.69) is 10.3 Å². The lowest BCUT2D eigenvalue weighted by Crippen LogP contribution is -2.27. The zero-order chi connectivity index (χ0) is 13.5. The van der Waals surface area contributed by atoms with Crippen LogP contribution in [0.3, 0.4) is 0 Å². The average molecular weight is 255 g/mol. The number of anilines is 2. The maximum Gasteiger partial charge on any atom is 0.337 e. The van der Waals surface area contributed by atoms with Crippen molar-refractivity contribution in [1.29, 1.82) is 0 Å². The largest absolute Gasteiger partial charge is 0.478 e. The number of nitrogens with two attached hydrogens (primary N) is 1. The van der Waals surface area contributed by atoms with Gasteiger partial charge in [-0.3, -0.25) is 0 Å². The highest BCUT2D eigenvalue weighted by molar-refractivity contribution is 5.96. The standard InChI is InChI=1S/C11H17N3O4/c1-17-6-7(18-2)5-14-10-9(12)8(11(15)16)3-4-13-10/h3-4,7H,5-6,12H2,1-2H3,(H,13,14)(H,15,16). The third-order valence-corrected chi connectivity index (χ3v) is 2.40. The summed E-state index contributed by atoms with van der Waals surface area (Å²) in [5, 5.41) is 11.9. The minimum Gasteiger partial charge on any atom is -0.478 e. The first-order valence-electron chi connectivity index (χ1n) is 5.33. The smallest absolute Gasteiger partial charge is 0.337 e. The number of carbonyl (C=O) groups is 1. The summed E-state index contributed by atoms with van der Waals surface area (Å²) in [5.41, 5.74) is 5.84. The first-order valence-corrected chi connectivity index (χ1v) is 5.33. The van der Waals surface area contributed by atoms with Crippen LogP contribution in [0.4, 0.5) is 11.5 Å². The quantitative estimate of drug-likeness (QED) is 0.648. The number of ether oxygens (including phenoxy) is 2. The molecule has 1 aromatic rings. The number of carboxylic acid groups (broad SMARTS) is 1.